The molecule has 6 heteroatoms. The van der Waals surface area contributed by atoms with Crippen molar-refractivity contribution in [3.63, 3.8) is 0 Å². The number of aryl methyl sites for hydroxylation is 1. The molecule has 2 aliphatic rings. The molecule has 1 saturated heterocycles. The molecule has 146 valence electrons. The number of hydrogen-bond donors (Lipinski definition) is 2. The molecule has 0 spiro atoms. The third kappa shape index (κ3) is 5.82. The molecule has 26 heavy (non-hydrogen) atoms. The first kappa shape index (κ1) is 21.4. The molecule has 1 heterocycles. The lowest BCUT2D eigenvalue weighted by atomic mass is 9.92. The Bertz CT molecular complexity index is 584. The van der Waals surface area contributed by atoms with E-state index in [1.807, 2.05) is 7.05 Å². The molecule has 2 N–H and O–H groups in total. The van der Waals surface area contributed by atoms with Crippen molar-refractivity contribution in [2.45, 2.75) is 44.1 Å². The topological polar surface area (TPSA) is 54.9 Å². The van der Waals surface area contributed by atoms with Crippen molar-refractivity contribution in [2.75, 3.05) is 40.0 Å². The SMILES string of the molecule is CN=C(NCCCOC1CCOC1)NCC1(c2ccccc2C)CC1.I. The number of nitrogens with one attached hydrogen (secondary N) is 2. The predicted octanol–water partition coefficient (Wildman–Crippen LogP) is 3.01. The van der Waals surface area contributed by atoms with Crippen molar-refractivity contribution in [3.05, 3.63) is 35.4 Å². The first-order valence-corrected chi connectivity index (χ1v) is 9.43. The second-order valence-corrected chi connectivity index (χ2v) is 7.16. The highest BCUT2D eigenvalue weighted by molar-refractivity contribution is 14.0. The van der Waals surface area contributed by atoms with Crippen LogP contribution in [0.15, 0.2) is 29.3 Å². The van der Waals surface area contributed by atoms with Gasteiger partial charge in [0.05, 0.1) is 12.7 Å². The van der Waals surface area contributed by atoms with Gasteiger partial charge in [-0.05, 0) is 43.7 Å². The molecular formula is C20H32IN3O2. The fraction of sp³-hybridized carbons (Fsp3) is 0.650. The number of benzene rings is 1. The number of rotatable bonds is 8. The van der Waals surface area contributed by atoms with Crippen LogP contribution in [-0.4, -0.2) is 52.0 Å². The van der Waals surface area contributed by atoms with Crippen LogP contribution in [-0.2, 0) is 14.9 Å². The van der Waals surface area contributed by atoms with Crippen molar-refractivity contribution in [1.82, 2.24) is 10.6 Å². The van der Waals surface area contributed by atoms with Gasteiger partial charge in [0.25, 0.3) is 0 Å². The summed E-state index contributed by atoms with van der Waals surface area (Å²) in [5, 5.41) is 6.90. The largest absolute Gasteiger partial charge is 0.379 e. The fourth-order valence-electron chi connectivity index (χ4n) is 3.51. The maximum absolute atomic E-state index is 5.79. The number of hydrogen-bond acceptors (Lipinski definition) is 3. The van der Waals surface area contributed by atoms with E-state index in [0.29, 0.717) is 6.10 Å². The average Bonchev–Trinajstić information content (AvgIpc) is 3.23. The van der Waals surface area contributed by atoms with Crippen LogP contribution in [0.3, 0.4) is 0 Å². The maximum Gasteiger partial charge on any atom is 0.191 e. The maximum atomic E-state index is 5.79. The molecule has 1 aliphatic carbocycles. The van der Waals surface area contributed by atoms with Gasteiger partial charge in [-0.1, -0.05) is 24.3 Å². The molecule has 2 fully saturated rings. The zero-order valence-corrected chi connectivity index (χ0v) is 18.3. The second-order valence-electron chi connectivity index (χ2n) is 7.16. The second kappa shape index (κ2) is 10.5. The van der Waals surface area contributed by atoms with Crippen molar-refractivity contribution < 1.29 is 9.47 Å². The van der Waals surface area contributed by atoms with Crippen LogP contribution in [0.4, 0.5) is 0 Å². The van der Waals surface area contributed by atoms with Gasteiger partial charge in [-0.15, -0.1) is 24.0 Å². The smallest absolute Gasteiger partial charge is 0.191 e. The number of guanidine groups is 1. The number of halogens is 1. The number of aliphatic imine (C=N–C) groups is 1. The van der Waals surface area contributed by atoms with Gasteiger partial charge in [0.15, 0.2) is 5.96 Å². The Kier molecular flexibility index (Phi) is 8.63. The molecule has 1 unspecified atom stereocenters. The van der Waals surface area contributed by atoms with Crippen molar-refractivity contribution in [2.24, 2.45) is 4.99 Å². The lowest BCUT2D eigenvalue weighted by molar-refractivity contribution is 0.0420. The summed E-state index contributed by atoms with van der Waals surface area (Å²) in [5.74, 6) is 0.879. The molecule has 3 rings (SSSR count). The monoisotopic (exact) mass is 473 g/mol. The molecule has 5 nitrogen and oxygen atoms in total. The number of ether oxygens (including phenoxy) is 2. The molecule has 0 radical (unpaired) electrons. The Labute approximate surface area is 174 Å². The molecule has 0 bridgehead atoms. The van der Waals surface area contributed by atoms with E-state index < -0.39 is 0 Å². The third-order valence-electron chi connectivity index (χ3n) is 5.24. The highest BCUT2D eigenvalue weighted by Crippen LogP contribution is 2.48. The Balaban J connectivity index is 0.00000243. The van der Waals surface area contributed by atoms with Gasteiger partial charge in [0.2, 0.25) is 0 Å². The Morgan fingerprint density at radius 3 is 2.77 bits per heavy atom. The summed E-state index contributed by atoms with van der Waals surface area (Å²) >= 11 is 0. The Hall–Kier alpha value is -0.860. The van der Waals surface area contributed by atoms with Gasteiger partial charge in [-0.2, -0.15) is 0 Å². The van der Waals surface area contributed by atoms with E-state index in [0.717, 1.165) is 51.7 Å². The molecule has 1 aromatic carbocycles. The van der Waals surface area contributed by atoms with Gasteiger partial charge in [0.1, 0.15) is 0 Å². The summed E-state index contributed by atoms with van der Waals surface area (Å²) in [6.45, 7) is 6.36. The van der Waals surface area contributed by atoms with E-state index in [1.54, 1.807) is 0 Å². The van der Waals surface area contributed by atoms with Gasteiger partial charge in [-0.25, -0.2) is 0 Å². The highest BCUT2D eigenvalue weighted by Gasteiger charge is 2.44. The summed E-state index contributed by atoms with van der Waals surface area (Å²) in [5.41, 5.74) is 3.15. The lowest BCUT2D eigenvalue weighted by Crippen LogP contribution is -2.41. The highest BCUT2D eigenvalue weighted by atomic mass is 127. The molecule has 1 atom stereocenters. The molecule has 1 aromatic rings. The first-order valence-electron chi connectivity index (χ1n) is 9.43. The van der Waals surface area contributed by atoms with E-state index in [2.05, 4.69) is 46.8 Å². The van der Waals surface area contributed by atoms with Gasteiger partial charge in [0, 0.05) is 38.8 Å². The molecule has 0 amide bonds. The van der Waals surface area contributed by atoms with E-state index in [1.165, 1.54) is 24.0 Å². The van der Waals surface area contributed by atoms with Crippen LogP contribution in [0.2, 0.25) is 0 Å². The minimum Gasteiger partial charge on any atom is -0.379 e. The summed E-state index contributed by atoms with van der Waals surface area (Å²) in [6.07, 6.45) is 4.79. The van der Waals surface area contributed by atoms with Gasteiger partial charge in [-0.3, -0.25) is 4.99 Å². The summed E-state index contributed by atoms with van der Waals surface area (Å²) in [6, 6.07) is 8.73. The third-order valence-corrected chi connectivity index (χ3v) is 5.24. The Morgan fingerprint density at radius 1 is 1.31 bits per heavy atom. The van der Waals surface area contributed by atoms with E-state index >= 15 is 0 Å². The van der Waals surface area contributed by atoms with Gasteiger partial charge >= 0.3 is 0 Å². The lowest BCUT2D eigenvalue weighted by Gasteiger charge is -2.21. The Morgan fingerprint density at radius 2 is 2.12 bits per heavy atom. The van der Waals surface area contributed by atoms with Crippen molar-refractivity contribution >= 4 is 29.9 Å². The van der Waals surface area contributed by atoms with Crippen LogP contribution in [0.1, 0.15) is 36.8 Å². The zero-order valence-electron chi connectivity index (χ0n) is 15.9. The molecule has 0 aromatic heterocycles. The van der Waals surface area contributed by atoms with Gasteiger partial charge < -0.3 is 20.1 Å². The normalized spacial score (nSPS) is 21.2. The van der Waals surface area contributed by atoms with Crippen LogP contribution in [0, 0.1) is 6.92 Å². The van der Waals surface area contributed by atoms with Crippen LogP contribution >= 0.6 is 24.0 Å². The van der Waals surface area contributed by atoms with Crippen molar-refractivity contribution in [3.8, 4) is 0 Å². The fourth-order valence-corrected chi connectivity index (χ4v) is 3.51. The molecular weight excluding hydrogens is 441 g/mol. The predicted molar refractivity (Wildman–Crippen MR) is 117 cm³/mol. The van der Waals surface area contributed by atoms with Crippen LogP contribution in [0.5, 0.6) is 0 Å². The summed E-state index contributed by atoms with van der Waals surface area (Å²) in [7, 11) is 1.83. The average molecular weight is 473 g/mol. The molecule has 1 aliphatic heterocycles. The minimum atomic E-state index is 0. The van der Waals surface area contributed by atoms with E-state index in [4.69, 9.17) is 9.47 Å². The van der Waals surface area contributed by atoms with Crippen LogP contribution < -0.4 is 10.6 Å². The van der Waals surface area contributed by atoms with E-state index in [9.17, 15) is 0 Å². The van der Waals surface area contributed by atoms with Crippen LogP contribution in [0.25, 0.3) is 0 Å². The zero-order chi connectivity index (χ0) is 17.5. The quantitative estimate of drug-likeness (QED) is 0.264. The van der Waals surface area contributed by atoms with Crippen molar-refractivity contribution in [1.29, 1.82) is 0 Å². The summed E-state index contributed by atoms with van der Waals surface area (Å²) < 4.78 is 11.1. The first-order chi connectivity index (χ1) is 12.2. The molecule has 1 saturated carbocycles. The number of nitrogens with zero attached hydrogens (tertiary/aromatic N) is 1. The minimum absolute atomic E-state index is 0. The summed E-state index contributed by atoms with van der Waals surface area (Å²) in [4.78, 5) is 4.34. The van der Waals surface area contributed by atoms with E-state index in [-0.39, 0.29) is 29.4 Å². The standard InChI is InChI=1S/C20H31N3O2.HI/c1-16-6-3-4-7-18(16)20(9-10-20)15-23-19(21-2)22-11-5-12-25-17-8-13-24-14-17;/h3-4,6-7,17H,5,8-15H2,1-2H3,(H2,21,22,23);1H.